The van der Waals surface area contributed by atoms with Gasteiger partial charge in [-0.1, -0.05) is 18.2 Å². The maximum atomic E-state index is 9.14. The molecule has 2 rings (SSSR count). The van der Waals surface area contributed by atoms with Crippen LogP contribution in [0, 0.1) is 0 Å². The first-order valence-corrected chi connectivity index (χ1v) is 6.72. The molecule has 0 saturated carbocycles. The number of fused-ring (bicyclic) bond motifs is 1. The Balaban J connectivity index is 2.17. The number of ether oxygens (including phenoxy) is 2. The first-order chi connectivity index (χ1) is 9.08. The molecule has 0 spiro atoms. The molecule has 1 aromatic carbocycles. The number of aliphatic hydroxyl groups excluding tert-OH is 1. The minimum Gasteiger partial charge on any atom is -0.486 e. The molecule has 19 heavy (non-hydrogen) atoms. The number of hydrogen-bond acceptors (Lipinski definition) is 4. The van der Waals surface area contributed by atoms with Gasteiger partial charge in [0.15, 0.2) is 0 Å². The molecule has 2 unspecified atom stereocenters. The molecule has 0 aromatic heterocycles. The summed E-state index contributed by atoms with van der Waals surface area (Å²) in [5.74, 6) is 0.935. The van der Waals surface area contributed by atoms with Crippen molar-refractivity contribution < 1.29 is 14.6 Å². The summed E-state index contributed by atoms with van der Waals surface area (Å²) >= 11 is 0. The van der Waals surface area contributed by atoms with Gasteiger partial charge in [0.25, 0.3) is 0 Å². The molecule has 2 N–H and O–H groups in total. The van der Waals surface area contributed by atoms with Crippen LogP contribution < -0.4 is 10.1 Å². The quantitative estimate of drug-likeness (QED) is 0.824. The van der Waals surface area contributed by atoms with Crippen molar-refractivity contribution in [1.29, 1.82) is 0 Å². The molecule has 0 amide bonds. The van der Waals surface area contributed by atoms with E-state index < -0.39 is 0 Å². The van der Waals surface area contributed by atoms with Gasteiger partial charge in [-0.05, 0) is 26.3 Å². The van der Waals surface area contributed by atoms with Gasteiger partial charge in [-0.25, -0.2) is 0 Å². The van der Waals surface area contributed by atoms with Crippen LogP contribution in [0.3, 0.4) is 0 Å². The van der Waals surface area contributed by atoms with Gasteiger partial charge in [0.05, 0.1) is 12.6 Å². The number of aliphatic hydroxyl groups is 1. The monoisotopic (exact) mass is 265 g/mol. The van der Waals surface area contributed by atoms with Gasteiger partial charge in [-0.2, -0.15) is 0 Å². The molecule has 4 nitrogen and oxygen atoms in total. The van der Waals surface area contributed by atoms with E-state index in [1.165, 1.54) is 5.56 Å². The second-order valence-corrected chi connectivity index (χ2v) is 5.51. The van der Waals surface area contributed by atoms with Crippen LogP contribution in [-0.2, 0) is 4.74 Å². The van der Waals surface area contributed by atoms with E-state index in [0.717, 1.165) is 5.75 Å². The predicted octanol–water partition coefficient (Wildman–Crippen LogP) is 1.89. The molecule has 0 radical (unpaired) electrons. The standard InChI is InChI=1S/C15H23NO3/c1-15(2)14(16-11(8-9-17)10-18-3)12-6-4-5-7-13(12)19-15/h4-7,11,14,16-17H,8-10H2,1-3H3. The van der Waals surface area contributed by atoms with Gasteiger partial charge >= 0.3 is 0 Å². The minimum atomic E-state index is -0.300. The van der Waals surface area contributed by atoms with Gasteiger partial charge in [0.2, 0.25) is 0 Å². The number of para-hydroxylation sites is 1. The molecule has 0 saturated heterocycles. The van der Waals surface area contributed by atoms with Crippen molar-refractivity contribution in [2.24, 2.45) is 0 Å². The highest BCUT2D eigenvalue weighted by Crippen LogP contribution is 2.42. The second kappa shape index (κ2) is 5.90. The fourth-order valence-electron chi connectivity index (χ4n) is 2.63. The molecule has 2 atom stereocenters. The summed E-state index contributed by atoms with van der Waals surface area (Å²) in [6.07, 6.45) is 0.669. The third-order valence-corrected chi connectivity index (χ3v) is 3.55. The second-order valence-electron chi connectivity index (χ2n) is 5.51. The van der Waals surface area contributed by atoms with Gasteiger partial charge in [-0.15, -0.1) is 0 Å². The molecule has 1 aliphatic rings. The van der Waals surface area contributed by atoms with Gasteiger partial charge in [0, 0.05) is 25.3 Å². The third kappa shape index (κ3) is 3.08. The first kappa shape index (κ1) is 14.3. The Kier molecular flexibility index (Phi) is 4.45. The van der Waals surface area contributed by atoms with E-state index in [9.17, 15) is 0 Å². The fourth-order valence-corrected chi connectivity index (χ4v) is 2.63. The molecule has 1 aliphatic heterocycles. The van der Waals surface area contributed by atoms with E-state index in [2.05, 4.69) is 25.2 Å². The third-order valence-electron chi connectivity index (χ3n) is 3.55. The van der Waals surface area contributed by atoms with Crippen LogP contribution >= 0.6 is 0 Å². The lowest BCUT2D eigenvalue weighted by molar-refractivity contribution is 0.0744. The van der Waals surface area contributed by atoms with Gasteiger partial charge in [-0.3, -0.25) is 0 Å². The van der Waals surface area contributed by atoms with E-state index in [0.29, 0.717) is 13.0 Å². The normalized spacial score (nSPS) is 21.8. The van der Waals surface area contributed by atoms with Crippen molar-refractivity contribution in [3.63, 3.8) is 0 Å². The van der Waals surface area contributed by atoms with Crippen LogP contribution in [-0.4, -0.2) is 37.1 Å². The molecular weight excluding hydrogens is 242 g/mol. The number of methoxy groups -OCH3 is 1. The lowest BCUT2D eigenvalue weighted by Gasteiger charge is -2.31. The molecule has 1 heterocycles. The summed E-state index contributed by atoms with van der Waals surface area (Å²) in [4.78, 5) is 0. The summed E-state index contributed by atoms with van der Waals surface area (Å²) < 4.78 is 11.2. The van der Waals surface area contributed by atoms with Crippen LogP contribution in [0.2, 0.25) is 0 Å². The molecule has 1 aromatic rings. The molecular formula is C15H23NO3. The zero-order valence-corrected chi connectivity index (χ0v) is 11.8. The zero-order chi connectivity index (χ0) is 13.9. The minimum absolute atomic E-state index is 0.107. The number of hydrogen-bond donors (Lipinski definition) is 2. The lowest BCUT2D eigenvalue weighted by Crippen LogP contribution is -2.45. The highest BCUT2D eigenvalue weighted by Gasteiger charge is 2.41. The maximum Gasteiger partial charge on any atom is 0.125 e. The van der Waals surface area contributed by atoms with Crippen molar-refractivity contribution >= 4 is 0 Å². The van der Waals surface area contributed by atoms with Crippen molar-refractivity contribution in [3.05, 3.63) is 29.8 Å². The Morgan fingerprint density at radius 2 is 2.16 bits per heavy atom. The summed E-state index contributed by atoms with van der Waals surface area (Å²) in [6.45, 7) is 4.88. The number of nitrogens with one attached hydrogen (secondary N) is 1. The topological polar surface area (TPSA) is 50.7 Å². The van der Waals surface area contributed by atoms with E-state index in [1.54, 1.807) is 7.11 Å². The van der Waals surface area contributed by atoms with Crippen LogP contribution in [0.5, 0.6) is 5.75 Å². The SMILES string of the molecule is COCC(CCO)NC1c2ccccc2OC1(C)C. The molecule has 0 aliphatic carbocycles. The summed E-state index contributed by atoms with van der Waals surface area (Å²) in [7, 11) is 1.68. The smallest absolute Gasteiger partial charge is 0.125 e. The van der Waals surface area contributed by atoms with Crippen molar-refractivity contribution in [2.75, 3.05) is 20.3 Å². The summed E-state index contributed by atoms with van der Waals surface area (Å²) in [5.41, 5.74) is 0.872. The Labute approximate surface area is 114 Å². The highest BCUT2D eigenvalue weighted by molar-refractivity contribution is 5.42. The van der Waals surface area contributed by atoms with Crippen molar-refractivity contribution in [3.8, 4) is 5.75 Å². The fraction of sp³-hybridized carbons (Fsp3) is 0.600. The Hall–Kier alpha value is -1.10. The van der Waals surface area contributed by atoms with Crippen LogP contribution in [0.25, 0.3) is 0 Å². The number of benzene rings is 1. The molecule has 0 fully saturated rings. The Morgan fingerprint density at radius 1 is 1.42 bits per heavy atom. The lowest BCUT2D eigenvalue weighted by atomic mass is 9.93. The molecule has 0 bridgehead atoms. The number of rotatable bonds is 6. The molecule has 4 heteroatoms. The van der Waals surface area contributed by atoms with Gasteiger partial charge < -0.3 is 19.9 Å². The average molecular weight is 265 g/mol. The summed E-state index contributed by atoms with van der Waals surface area (Å²) in [6, 6.07) is 8.32. The Morgan fingerprint density at radius 3 is 2.84 bits per heavy atom. The van der Waals surface area contributed by atoms with Crippen LogP contribution in [0.1, 0.15) is 31.9 Å². The molecule has 106 valence electrons. The van der Waals surface area contributed by atoms with E-state index in [-0.39, 0.29) is 24.3 Å². The van der Waals surface area contributed by atoms with Crippen molar-refractivity contribution in [2.45, 2.75) is 38.0 Å². The van der Waals surface area contributed by atoms with E-state index in [1.807, 2.05) is 18.2 Å². The maximum absolute atomic E-state index is 9.14. The highest BCUT2D eigenvalue weighted by atomic mass is 16.5. The van der Waals surface area contributed by atoms with Crippen LogP contribution in [0.4, 0.5) is 0 Å². The van der Waals surface area contributed by atoms with Crippen molar-refractivity contribution in [1.82, 2.24) is 5.32 Å². The zero-order valence-electron chi connectivity index (χ0n) is 11.8. The van der Waals surface area contributed by atoms with E-state index >= 15 is 0 Å². The van der Waals surface area contributed by atoms with Crippen LogP contribution in [0.15, 0.2) is 24.3 Å². The summed E-state index contributed by atoms with van der Waals surface area (Å²) in [5, 5.41) is 12.7. The Bertz CT molecular complexity index is 414. The van der Waals surface area contributed by atoms with Gasteiger partial charge in [0.1, 0.15) is 11.4 Å². The largest absolute Gasteiger partial charge is 0.486 e. The average Bonchev–Trinajstić information content (AvgIpc) is 2.61. The van der Waals surface area contributed by atoms with E-state index in [4.69, 9.17) is 14.6 Å². The first-order valence-electron chi connectivity index (χ1n) is 6.72. The predicted molar refractivity (Wildman–Crippen MR) is 74.4 cm³/mol.